The van der Waals surface area contributed by atoms with Crippen molar-refractivity contribution in [2.45, 2.75) is 17.7 Å². The molecule has 2 aromatic carbocycles. The van der Waals surface area contributed by atoms with Crippen molar-refractivity contribution in [1.82, 2.24) is 9.80 Å². The van der Waals surface area contributed by atoms with Gasteiger partial charge in [-0.1, -0.05) is 27.5 Å². The maximum atomic E-state index is 12.8. The third-order valence-corrected chi connectivity index (χ3v) is 7.04. The van der Waals surface area contributed by atoms with Crippen molar-refractivity contribution in [2.75, 3.05) is 31.4 Å². The Morgan fingerprint density at radius 2 is 1.93 bits per heavy atom. The van der Waals surface area contributed by atoms with Crippen LogP contribution in [0.25, 0.3) is 0 Å². The van der Waals surface area contributed by atoms with E-state index in [1.807, 2.05) is 0 Å². The summed E-state index contributed by atoms with van der Waals surface area (Å²) in [6.07, 6.45) is 1.36. The van der Waals surface area contributed by atoms with Gasteiger partial charge in [-0.3, -0.25) is 14.3 Å². The van der Waals surface area contributed by atoms with Gasteiger partial charge in [0.25, 0.3) is 15.9 Å². The number of hydrogen-bond acceptors (Lipinski definition) is 4. The minimum Gasteiger partial charge on any atom is -0.341 e. The van der Waals surface area contributed by atoms with E-state index >= 15 is 0 Å². The number of nitrogens with zero attached hydrogens (tertiary/aromatic N) is 2. The maximum absolute atomic E-state index is 12.8. The Morgan fingerprint density at radius 3 is 2.57 bits per heavy atom. The molecule has 1 aliphatic heterocycles. The van der Waals surface area contributed by atoms with Crippen LogP contribution in [0.4, 0.5) is 5.69 Å². The maximum Gasteiger partial charge on any atom is 0.261 e. The molecular formula is C20H21BrClN3O4S. The fourth-order valence-corrected chi connectivity index (χ4v) is 4.63. The zero-order valence-corrected chi connectivity index (χ0v) is 19.4. The molecule has 0 aliphatic carbocycles. The zero-order chi connectivity index (χ0) is 21.9. The monoisotopic (exact) mass is 513 g/mol. The lowest BCUT2D eigenvalue weighted by Gasteiger charge is -2.22. The van der Waals surface area contributed by atoms with E-state index < -0.39 is 15.9 Å². The molecule has 2 aromatic rings. The van der Waals surface area contributed by atoms with Crippen LogP contribution in [0.3, 0.4) is 0 Å². The van der Waals surface area contributed by atoms with Gasteiger partial charge in [-0.15, -0.1) is 0 Å². The van der Waals surface area contributed by atoms with Gasteiger partial charge in [-0.05, 0) is 48.9 Å². The molecule has 1 saturated heterocycles. The van der Waals surface area contributed by atoms with Crippen molar-refractivity contribution in [3.05, 3.63) is 57.5 Å². The molecular weight excluding hydrogens is 494 g/mol. The van der Waals surface area contributed by atoms with E-state index in [-0.39, 0.29) is 21.4 Å². The van der Waals surface area contributed by atoms with Crippen molar-refractivity contribution in [3.8, 4) is 0 Å². The van der Waals surface area contributed by atoms with E-state index in [4.69, 9.17) is 11.6 Å². The summed E-state index contributed by atoms with van der Waals surface area (Å²) >= 11 is 9.48. The lowest BCUT2D eigenvalue weighted by atomic mass is 10.2. The van der Waals surface area contributed by atoms with Gasteiger partial charge in [0, 0.05) is 43.3 Å². The zero-order valence-electron chi connectivity index (χ0n) is 16.3. The first kappa shape index (κ1) is 22.6. The number of hydrogen-bond donors (Lipinski definition) is 1. The average molecular weight is 515 g/mol. The Kier molecular flexibility index (Phi) is 7.05. The fraction of sp³-hybridized carbons (Fsp3) is 0.300. The predicted octanol–water partition coefficient (Wildman–Crippen LogP) is 3.60. The summed E-state index contributed by atoms with van der Waals surface area (Å²) in [5.74, 6) is -0.326. The summed E-state index contributed by atoms with van der Waals surface area (Å²) in [7, 11) is -2.31. The number of rotatable bonds is 7. The molecule has 0 saturated carbocycles. The van der Waals surface area contributed by atoms with Crippen LogP contribution in [-0.2, 0) is 14.8 Å². The van der Waals surface area contributed by atoms with Crippen LogP contribution in [0.1, 0.15) is 23.2 Å². The number of amides is 2. The molecule has 10 heteroatoms. The molecule has 0 atom stereocenters. The van der Waals surface area contributed by atoms with E-state index in [9.17, 15) is 18.0 Å². The summed E-state index contributed by atoms with van der Waals surface area (Å²) < 4.78 is 28.8. The van der Waals surface area contributed by atoms with Gasteiger partial charge in [-0.2, -0.15) is 0 Å². The molecule has 0 bridgehead atoms. The Bertz CT molecular complexity index is 1060. The molecule has 160 valence electrons. The molecule has 0 aromatic heterocycles. The smallest absolute Gasteiger partial charge is 0.261 e. The van der Waals surface area contributed by atoms with Crippen molar-refractivity contribution in [3.63, 3.8) is 0 Å². The standard InChI is InChI=1S/C20H21BrClN3O4S/c1-24(11-12-25-10-2-3-19(25)26)20(27)17-13-16(8-9-18(17)22)30(28,29)23-15-6-4-14(21)5-7-15/h4-9,13,23H,2-3,10-12H2,1H3. The Balaban J connectivity index is 1.75. The van der Waals surface area contributed by atoms with E-state index in [1.165, 1.54) is 23.1 Å². The van der Waals surface area contributed by atoms with Gasteiger partial charge < -0.3 is 9.80 Å². The van der Waals surface area contributed by atoms with Crippen molar-refractivity contribution >= 4 is 55.1 Å². The Hall–Kier alpha value is -2.10. The van der Waals surface area contributed by atoms with Crippen molar-refractivity contribution in [1.29, 1.82) is 0 Å². The van der Waals surface area contributed by atoms with Gasteiger partial charge >= 0.3 is 0 Å². The Labute approximate surface area is 189 Å². The Morgan fingerprint density at radius 1 is 1.23 bits per heavy atom. The molecule has 30 heavy (non-hydrogen) atoms. The van der Waals surface area contributed by atoms with Gasteiger partial charge in [0.1, 0.15) is 0 Å². The third kappa shape index (κ3) is 5.33. The summed E-state index contributed by atoms with van der Waals surface area (Å²) in [5.41, 5.74) is 0.485. The molecule has 3 rings (SSSR count). The van der Waals surface area contributed by atoms with Crippen LogP contribution in [0.2, 0.25) is 5.02 Å². The number of sulfonamides is 1. The second kappa shape index (κ2) is 9.36. The summed E-state index contributed by atoms with van der Waals surface area (Å²) in [4.78, 5) is 27.7. The molecule has 0 unspecified atom stereocenters. The van der Waals surface area contributed by atoms with E-state index in [0.717, 1.165) is 10.9 Å². The SMILES string of the molecule is CN(CCN1CCCC1=O)C(=O)c1cc(S(=O)(=O)Nc2ccc(Br)cc2)ccc1Cl. The normalized spacial score (nSPS) is 14.1. The minimum atomic E-state index is -3.90. The number of benzene rings is 2. The van der Waals surface area contributed by atoms with Gasteiger partial charge in [0.2, 0.25) is 5.91 Å². The lowest BCUT2D eigenvalue weighted by molar-refractivity contribution is -0.127. The number of carbonyl (C=O) groups is 2. The van der Waals surface area contributed by atoms with Gasteiger partial charge in [0.05, 0.1) is 15.5 Å². The second-order valence-electron chi connectivity index (χ2n) is 6.97. The minimum absolute atomic E-state index is 0.0683. The highest BCUT2D eigenvalue weighted by molar-refractivity contribution is 9.10. The average Bonchev–Trinajstić information content (AvgIpc) is 3.12. The summed E-state index contributed by atoms with van der Waals surface area (Å²) in [5, 5.41) is 0.159. The van der Waals surface area contributed by atoms with Crippen molar-refractivity contribution in [2.24, 2.45) is 0 Å². The highest BCUT2D eigenvalue weighted by Gasteiger charge is 2.23. The molecule has 1 aliphatic rings. The summed E-state index contributed by atoms with van der Waals surface area (Å²) in [6, 6.07) is 10.7. The topological polar surface area (TPSA) is 86.8 Å². The number of anilines is 1. The van der Waals surface area contributed by atoms with Crippen LogP contribution < -0.4 is 4.72 Å². The number of likely N-dealkylation sites (N-methyl/N-ethyl adjacent to an activating group) is 1. The van der Waals surface area contributed by atoms with Crippen molar-refractivity contribution < 1.29 is 18.0 Å². The molecule has 1 N–H and O–H groups in total. The van der Waals surface area contributed by atoms with Crippen LogP contribution in [0, 0.1) is 0 Å². The fourth-order valence-electron chi connectivity index (χ4n) is 3.09. The predicted molar refractivity (Wildman–Crippen MR) is 119 cm³/mol. The number of carbonyl (C=O) groups excluding carboxylic acids is 2. The number of halogens is 2. The quantitative estimate of drug-likeness (QED) is 0.612. The molecule has 0 radical (unpaired) electrons. The van der Waals surface area contributed by atoms with Crippen LogP contribution >= 0.6 is 27.5 Å². The first-order chi connectivity index (χ1) is 14.2. The molecule has 1 fully saturated rings. The van der Waals surface area contributed by atoms with Crippen LogP contribution in [0.15, 0.2) is 51.8 Å². The summed E-state index contributed by atoms with van der Waals surface area (Å²) in [6.45, 7) is 1.45. The highest BCUT2D eigenvalue weighted by atomic mass is 79.9. The molecule has 0 spiro atoms. The second-order valence-corrected chi connectivity index (χ2v) is 9.97. The number of likely N-dealkylation sites (tertiary alicyclic amines) is 1. The largest absolute Gasteiger partial charge is 0.341 e. The van der Waals surface area contributed by atoms with Gasteiger partial charge in [-0.25, -0.2) is 8.42 Å². The number of nitrogens with one attached hydrogen (secondary N) is 1. The highest BCUT2D eigenvalue weighted by Crippen LogP contribution is 2.24. The van der Waals surface area contributed by atoms with Gasteiger partial charge in [0.15, 0.2) is 0 Å². The van der Waals surface area contributed by atoms with Crippen LogP contribution in [0.5, 0.6) is 0 Å². The molecule has 7 nitrogen and oxygen atoms in total. The third-order valence-electron chi connectivity index (χ3n) is 4.80. The van der Waals surface area contributed by atoms with E-state index in [0.29, 0.717) is 31.7 Å². The lowest BCUT2D eigenvalue weighted by Crippen LogP contribution is -2.37. The van der Waals surface area contributed by atoms with E-state index in [2.05, 4.69) is 20.7 Å². The molecule has 1 heterocycles. The first-order valence-corrected chi connectivity index (χ1v) is 11.9. The first-order valence-electron chi connectivity index (χ1n) is 9.28. The molecule has 2 amide bonds. The van der Waals surface area contributed by atoms with Crippen LogP contribution in [-0.4, -0.2) is 56.7 Å². The van der Waals surface area contributed by atoms with E-state index in [1.54, 1.807) is 36.2 Å².